The zero-order chi connectivity index (χ0) is 7.56. The van der Waals surface area contributed by atoms with Gasteiger partial charge in [-0.1, -0.05) is 12.1 Å². The molecule has 1 aromatic heterocycles. The topological polar surface area (TPSA) is 49.9 Å². The van der Waals surface area contributed by atoms with Crippen LogP contribution in [0.1, 0.15) is 19.1 Å². The van der Waals surface area contributed by atoms with Gasteiger partial charge in [0, 0.05) is 6.07 Å². The van der Waals surface area contributed by atoms with Gasteiger partial charge in [0.1, 0.15) is 4.60 Å². The maximum absolute atomic E-state index is 7.34. The van der Waals surface area contributed by atoms with Crippen molar-refractivity contribution in [1.29, 1.82) is 5.41 Å². The molecule has 0 saturated heterocycles. The average molecular weight is 203 g/mol. The molecule has 4 heteroatoms. The van der Waals surface area contributed by atoms with E-state index >= 15 is 0 Å². The molecule has 0 aliphatic rings. The first-order chi connectivity index (χ1) is 4.74. The minimum Gasteiger partial charge on any atom is -0.354 e. The van der Waals surface area contributed by atoms with Crippen LogP contribution in [-0.2, 0) is 0 Å². The lowest BCUT2D eigenvalue weighted by Crippen LogP contribution is -1.92. The molecule has 1 N–H and O–H groups in total. The van der Waals surface area contributed by atoms with Gasteiger partial charge in [0.05, 0.1) is 5.71 Å². The maximum Gasteiger partial charge on any atom is 0.181 e. The molecule has 0 aromatic carbocycles. The van der Waals surface area contributed by atoms with Crippen LogP contribution in [-0.4, -0.2) is 10.9 Å². The summed E-state index contributed by atoms with van der Waals surface area (Å²) in [7, 11) is 0. The van der Waals surface area contributed by atoms with Crippen molar-refractivity contribution in [3.8, 4) is 0 Å². The van der Waals surface area contributed by atoms with Gasteiger partial charge in [-0.15, -0.1) is 0 Å². The highest BCUT2D eigenvalue weighted by Crippen LogP contribution is 2.10. The van der Waals surface area contributed by atoms with E-state index in [9.17, 15) is 0 Å². The van der Waals surface area contributed by atoms with E-state index in [-0.39, 0.29) is 0 Å². The molecule has 1 heterocycles. The molecular formula is C6H7BrN2O. The Morgan fingerprint density at radius 3 is 3.00 bits per heavy atom. The fourth-order valence-electron chi connectivity index (χ4n) is 0.570. The molecular weight excluding hydrogens is 196 g/mol. The molecule has 0 radical (unpaired) electrons. The Kier molecular flexibility index (Phi) is 2.21. The molecule has 10 heavy (non-hydrogen) atoms. The fourth-order valence-corrected chi connectivity index (χ4v) is 0.850. The molecule has 0 fully saturated rings. The van der Waals surface area contributed by atoms with Gasteiger partial charge in [-0.3, -0.25) is 0 Å². The highest BCUT2D eigenvalue weighted by atomic mass is 79.9. The summed E-state index contributed by atoms with van der Waals surface area (Å²) in [4.78, 5) is 0. The average Bonchev–Trinajstić information content (AvgIpc) is 2.34. The summed E-state index contributed by atoms with van der Waals surface area (Å²) >= 11 is 3.13. The van der Waals surface area contributed by atoms with E-state index in [1.54, 1.807) is 6.07 Å². The minimum absolute atomic E-state index is 0.471. The van der Waals surface area contributed by atoms with Gasteiger partial charge in [-0.05, 0) is 22.4 Å². The Bertz CT molecular complexity index is 244. The van der Waals surface area contributed by atoms with E-state index in [2.05, 4.69) is 21.1 Å². The molecule has 0 saturated carbocycles. The summed E-state index contributed by atoms with van der Waals surface area (Å²) in [5, 5.41) is 10.9. The molecule has 0 unspecified atom stereocenters. The van der Waals surface area contributed by atoms with Crippen LogP contribution >= 0.6 is 15.9 Å². The third kappa shape index (κ3) is 1.44. The Labute approximate surface area is 67.0 Å². The van der Waals surface area contributed by atoms with Gasteiger partial charge in [0.25, 0.3) is 0 Å². The van der Waals surface area contributed by atoms with E-state index < -0.39 is 0 Å². The Morgan fingerprint density at radius 1 is 1.90 bits per heavy atom. The standard InChI is InChI=1S/C6H7BrN2O/c1-2-4(8)5-3-6(7)9-10-5/h3,8H,2H2,1H3. The second-order valence-corrected chi connectivity index (χ2v) is 2.66. The number of rotatable bonds is 2. The van der Waals surface area contributed by atoms with Crippen molar-refractivity contribution in [3.63, 3.8) is 0 Å². The summed E-state index contributed by atoms with van der Waals surface area (Å²) in [6.45, 7) is 1.90. The van der Waals surface area contributed by atoms with E-state index in [4.69, 9.17) is 9.93 Å². The number of halogens is 1. The van der Waals surface area contributed by atoms with Gasteiger partial charge in [0.15, 0.2) is 5.76 Å². The molecule has 3 nitrogen and oxygen atoms in total. The maximum atomic E-state index is 7.34. The summed E-state index contributed by atoms with van der Waals surface area (Å²) in [5.41, 5.74) is 0.471. The lowest BCUT2D eigenvalue weighted by atomic mass is 10.2. The molecule has 1 rings (SSSR count). The van der Waals surface area contributed by atoms with Gasteiger partial charge in [0.2, 0.25) is 0 Å². The molecule has 0 bridgehead atoms. The van der Waals surface area contributed by atoms with Crippen LogP contribution < -0.4 is 0 Å². The summed E-state index contributed by atoms with van der Waals surface area (Å²) in [6.07, 6.45) is 0.668. The predicted octanol–water partition coefficient (Wildman–Crippen LogP) is 2.21. The van der Waals surface area contributed by atoms with Crippen molar-refractivity contribution in [3.05, 3.63) is 16.4 Å². The number of nitrogens with one attached hydrogen (secondary N) is 1. The highest BCUT2D eigenvalue weighted by Gasteiger charge is 2.04. The Balaban J connectivity index is 2.85. The lowest BCUT2D eigenvalue weighted by molar-refractivity contribution is 0.408. The Hall–Kier alpha value is -0.640. The van der Waals surface area contributed by atoms with Crippen LogP contribution in [0.2, 0.25) is 0 Å². The van der Waals surface area contributed by atoms with E-state index in [0.29, 0.717) is 22.5 Å². The first kappa shape index (κ1) is 7.47. The number of nitrogens with zero attached hydrogens (tertiary/aromatic N) is 1. The van der Waals surface area contributed by atoms with E-state index in [1.807, 2.05) is 6.92 Å². The first-order valence-electron chi connectivity index (χ1n) is 2.94. The van der Waals surface area contributed by atoms with Crippen LogP contribution in [0.4, 0.5) is 0 Å². The van der Waals surface area contributed by atoms with Crippen LogP contribution in [0.25, 0.3) is 0 Å². The Morgan fingerprint density at radius 2 is 2.60 bits per heavy atom. The summed E-state index contributed by atoms with van der Waals surface area (Å²) in [5.74, 6) is 0.536. The summed E-state index contributed by atoms with van der Waals surface area (Å²) in [6, 6.07) is 1.69. The van der Waals surface area contributed by atoms with Crippen molar-refractivity contribution in [1.82, 2.24) is 5.16 Å². The quantitative estimate of drug-likeness (QED) is 0.749. The van der Waals surface area contributed by atoms with E-state index in [1.165, 1.54) is 0 Å². The number of hydrogen-bond acceptors (Lipinski definition) is 3. The molecule has 54 valence electrons. The van der Waals surface area contributed by atoms with Crippen molar-refractivity contribution in [2.45, 2.75) is 13.3 Å². The fraction of sp³-hybridized carbons (Fsp3) is 0.333. The van der Waals surface area contributed by atoms with E-state index in [0.717, 1.165) is 0 Å². The minimum atomic E-state index is 0.471. The molecule has 0 amide bonds. The van der Waals surface area contributed by atoms with Crippen LogP contribution in [0.3, 0.4) is 0 Å². The largest absolute Gasteiger partial charge is 0.354 e. The van der Waals surface area contributed by atoms with Crippen LogP contribution in [0.15, 0.2) is 15.2 Å². The molecule has 0 spiro atoms. The lowest BCUT2D eigenvalue weighted by Gasteiger charge is -1.88. The third-order valence-corrected chi connectivity index (χ3v) is 1.51. The number of aromatic nitrogens is 1. The zero-order valence-corrected chi connectivity index (χ0v) is 7.10. The SMILES string of the molecule is CCC(=N)c1cc(Br)no1. The molecule has 0 aliphatic carbocycles. The van der Waals surface area contributed by atoms with Gasteiger partial charge < -0.3 is 9.93 Å². The zero-order valence-electron chi connectivity index (χ0n) is 5.52. The van der Waals surface area contributed by atoms with Gasteiger partial charge >= 0.3 is 0 Å². The van der Waals surface area contributed by atoms with Crippen LogP contribution in [0.5, 0.6) is 0 Å². The molecule has 0 atom stereocenters. The normalized spacial score (nSPS) is 9.80. The van der Waals surface area contributed by atoms with Gasteiger partial charge in [-0.25, -0.2) is 0 Å². The summed E-state index contributed by atoms with van der Waals surface area (Å²) < 4.78 is 5.44. The second kappa shape index (κ2) is 2.96. The molecule has 1 aromatic rings. The van der Waals surface area contributed by atoms with Crippen molar-refractivity contribution >= 4 is 21.6 Å². The molecule has 0 aliphatic heterocycles. The second-order valence-electron chi connectivity index (χ2n) is 1.85. The smallest absolute Gasteiger partial charge is 0.181 e. The monoisotopic (exact) mass is 202 g/mol. The van der Waals surface area contributed by atoms with Crippen molar-refractivity contribution in [2.24, 2.45) is 0 Å². The van der Waals surface area contributed by atoms with Gasteiger partial charge in [-0.2, -0.15) is 0 Å². The highest BCUT2D eigenvalue weighted by molar-refractivity contribution is 9.10. The first-order valence-corrected chi connectivity index (χ1v) is 3.73. The van der Waals surface area contributed by atoms with Crippen molar-refractivity contribution < 1.29 is 4.52 Å². The number of hydrogen-bond donors (Lipinski definition) is 1. The third-order valence-electron chi connectivity index (χ3n) is 1.13. The predicted molar refractivity (Wildman–Crippen MR) is 41.3 cm³/mol. The van der Waals surface area contributed by atoms with Crippen molar-refractivity contribution in [2.75, 3.05) is 0 Å². The van der Waals surface area contributed by atoms with Crippen LogP contribution in [0, 0.1) is 5.41 Å².